The molecule has 1 atom stereocenters. The number of aromatic nitrogens is 3. The minimum Gasteiger partial charge on any atom is -0.463 e. The number of alkyl carbamates (subject to hydrolysis) is 1. The van der Waals surface area contributed by atoms with Crippen molar-refractivity contribution in [1.29, 1.82) is 0 Å². The van der Waals surface area contributed by atoms with Gasteiger partial charge in [-0.25, -0.2) is 14.6 Å². The number of unbranched alkanes of at least 4 members (excludes halogenated alkanes) is 1. The Labute approximate surface area is 232 Å². The summed E-state index contributed by atoms with van der Waals surface area (Å²) in [6.07, 6.45) is 3.50. The summed E-state index contributed by atoms with van der Waals surface area (Å²) in [5.41, 5.74) is 2.23. The molecule has 3 N–H and O–H groups in total. The van der Waals surface area contributed by atoms with Gasteiger partial charge < -0.3 is 24.6 Å². The van der Waals surface area contributed by atoms with Gasteiger partial charge in [0.05, 0.1) is 5.92 Å². The van der Waals surface area contributed by atoms with Gasteiger partial charge in [0.15, 0.2) is 0 Å². The van der Waals surface area contributed by atoms with Crippen LogP contribution >= 0.6 is 0 Å². The summed E-state index contributed by atoms with van der Waals surface area (Å²) in [4.78, 5) is 37.7. The van der Waals surface area contributed by atoms with E-state index < -0.39 is 17.8 Å². The minimum absolute atomic E-state index is 0.105. The van der Waals surface area contributed by atoms with Crippen LogP contribution in [0, 0.1) is 0 Å². The number of aliphatic imine (C=N–C) groups is 1. The van der Waals surface area contributed by atoms with Gasteiger partial charge in [-0.05, 0) is 69.9 Å². The first-order valence-corrected chi connectivity index (χ1v) is 13.3. The number of nitrogens with one attached hydrogen (secondary N) is 2. The SMILES string of the molecule is CCCCc1ccc(Nc2ccc(-c3noc(C4CCN(C(=NC(=O)O)NC(=O)OC(C)(C)C)C4)n3)cn2)cc1. The summed E-state index contributed by atoms with van der Waals surface area (Å²) < 4.78 is 10.8. The number of guanidine groups is 1. The Hall–Kier alpha value is -4.48. The molecule has 1 unspecified atom stereocenters. The van der Waals surface area contributed by atoms with E-state index in [1.54, 1.807) is 31.9 Å². The lowest BCUT2D eigenvalue weighted by atomic mass is 10.1. The van der Waals surface area contributed by atoms with Crippen molar-refractivity contribution in [3.63, 3.8) is 0 Å². The van der Waals surface area contributed by atoms with E-state index in [0.717, 1.165) is 12.1 Å². The molecule has 1 fully saturated rings. The highest BCUT2D eigenvalue weighted by Crippen LogP contribution is 2.28. The lowest BCUT2D eigenvalue weighted by Crippen LogP contribution is -2.45. The standard InChI is InChI=1S/C28H35N7O5/c1-5-6-7-18-8-11-21(12-9-18)30-22-13-10-19(16-29-22)23-31-24(40-34-23)20-14-15-35(17-20)25(32-26(36)37)33-27(38)39-28(2,3)4/h8-13,16,20H,5-7,14-15,17H2,1-4H3,(H,29,30)(H,36,37)(H,32,33,38). The van der Waals surface area contributed by atoms with Crippen molar-refractivity contribution in [3.8, 4) is 11.4 Å². The fourth-order valence-electron chi connectivity index (χ4n) is 4.22. The van der Waals surface area contributed by atoms with Crippen molar-refractivity contribution >= 4 is 29.7 Å². The number of carbonyl (C=O) groups is 2. The monoisotopic (exact) mass is 549 g/mol. The van der Waals surface area contributed by atoms with Crippen LogP contribution in [0.4, 0.5) is 21.1 Å². The van der Waals surface area contributed by atoms with Crippen LogP contribution in [0.2, 0.25) is 0 Å². The van der Waals surface area contributed by atoms with Crippen molar-refractivity contribution in [2.24, 2.45) is 4.99 Å². The molecule has 0 aliphatic carbocycles. The predicted molar refractivity (Wildman–Crippen MR) is 150 cm³/mol. The zero-order valence-electron chi connectivity index (χ0n) is 23.2. The van der Waals surface area contributed by atoms with Crippen LogP contribution in [0.25, 0.3) is 11.4 Å². The number of pyridine rings is 1. The Morgan fingerprint density at radius 2 is 1.98 bits per heavy atom. The van der Waals surface area contributed by atoms with Crippen LogP contribution < -0.4 is 10.6 Å². The first kappa shape index (κ1) is 28.5. The van der Waals surface area contributed by atoms with Crippen LogP contribution in [0.1, 0.15) is 64.3 Å². The van der Waals surface area contributed by atoms with E-state index in [1.807, 2.05) is 24.3 Å². The van der Waals surface area contributed by atoms with Crippen molar-refractivity contribution in [2.45, 2.75) is 64.9 Å². The predicted octanol–water partition coefficient (Wildman–Crippen LogP) is 5.57. The largest absolute Gasteiger partial charge is 0.463 e. The second-order valence-corrected chi connectivity index (χ2v) is 10.6. The van der Waals surface area contributed by atoms with E-state index in [2.05, 4.69) is 49.8 Å². The fourth-order valence-corrected chi connectivity index (χ4v) is 4.22. The molecule has 0 bridgehead atoms. The number of hydrogen-bond acceptors (Lipinski definition) is 8. The molecule has 0 saturated carbocycles. The van der Waals surface area contributed by atoms with Crippen molar-refractivity contribution in [3.05, 3.63) is 54.0 Å². The summed E-state index contributed by atoms with van der Waals surface area (Å²) in [6.45, 7) is 8.10. The average molecular weight is 550 g/mol. The number of likely N-dealkylation sites (tertiary alicyclic amines) is 1. The fraction of sp³-hybridized carbons (Fsp3) is 0.429. The van der Waals surface area contributed by atoms with Crippen LogP contribution in [0.3, 0.4) is 0 Å². The highest BCUT2D eigenvalue weighted by Gasteiger charge is 2.32. The molecule has 1 aliphatic rings. The van der Waals surface area contributed by atoms with Crippen LogP contribution in [-0.4, -0.2) is 62.0 Å². The number of amides is 2. The van der Waals surface area contributed by atoms with E-state index in [4.69, 9.17) is 9.26 Å². The first-order chi connectivity index (χ1) is 19.1. The van der Waals surface area contributed by atoms with E-state index in [1.165, 1.54) is 18.4 Å². The van der Waals surface area contributed by atoms with Gasteiger partial charge in [0.1, 0.15) is 11.4 Å². The smallest absolute Gasteiger partial charge is 0.434 e. The molecule has 12 heteroatoms. The van der Waals surface area contributed by atoms with Crippen LogP contribution in [0.5, 0.6) is 0 Å². The number of aryl methyl sites for hydroxylation is 1. The number of carbonyl (C=O) groups excluding carboxylic acids is 1. The number of carboxylic acid groups (broad SMARTS) is 1. The van der Waals surface area contributed by atoms with E-state index in [9.17, 15) is 14.7 Å². The number of benzene rings is 1. The highest BCUT2D eigenvalue weighted by molar-refractivity contribution is 5.98. The molecule has 3 aromatic rings. The molecule has 4 rings (SSSR count). The lowest BCUT2D eigenvalue weighted by Gasteiger charge is -2.23. The van der Waals surface area contributed by atoms with Crippen LogP contribution in [-0.2, 0) is 11.2 Å². The third-order valence-corrected chi connectivity index (χ3v) is 6.16. The molecule has 3 heterocycles. The van der Waals surface area contributed by atoms with Gasteiger partial charge in [-0.1, -0.05) is 30.6 Å². The van der Waals surface area contributed by atoms with Gasteiger partial charge in [0.25, 0.3) is 0 Å². The highest BCUT2D eigenvalue weighted by atomic mass is 16.6. The number of nitrogens with zero attached hydrogens (tertiary/aromatic N) is 5. The minimum atomic E-state index is -1.43. The molecule has 1 aromatic carbocycles. The molecular formula is C28H35N7O5. The van der Waals surface area contributed by atoms with Crippen LogP contribution in [0.15, 0.2) is 52.1 Å². The van der Waals surface area contributed by atoms with E-state index in [0.29, 0.717) is 42.6 Å². The second-order valence-electron chi connectivity index (χ2n) is 10.6. The first-order valence-electron chi connectivity index (χ1n) is 13.3. The Morgan fingerprint density at radius 3 is 2.62 bits per heavy atom. The van der Waals surface area contributed by atoms with Gasteiger partial charge in [-0.3, -0.25) is 5.32 Å². The Kier molecular flexibility index (Phi) is 8.97. The third-order valence-electron chi connectivity index (χ3n) is 6.16. The Bertz CT molecular complexity index is 1330. The quantitative estimate of drug-likeness (QED) is 0.252. The lowest BCUT2D eigenvalue weighted by molar-refractivity contribution is 0.0557. The number of hydrogen-bond donors (Lipinski definition) is 3. The summed E-state index contributed by atoms with van der Waals surface area (Å²) in [5, 5.41) is 19.0. The third kappa shape index (κ3) is 8.01. The summed E-state index contributed by atoms with van der Waals surface area (Å²) >= 11 is 0. The summed E-state index contributed by atoms with van der Waals surface area (Å²) in [6, 6.07) is 12.1. The van der Waals surface area contributed by atoms with Gasteiger partial charge in [-0.2, -0.15) is 4.98 Å². The zero-order valence-corrected chi connectivity index (χ0v) is 23.2. The molecule has 1 saturated heterocycles. The Morgan fingerprint density at radius 1 is 1.20 bits per heavy atom. The normalized spacial score (nSPS) is 15.7. The van der Waals surface area contributed by atoms with Gasteiger partial charge in [0, 0.05) is 30.5 Å². The summed E-state index contributed by atoms with van der Waals surface area (Å²) in [7, 11) is 0. The van der Waals surface area contributed by atoms with E-state index in [-0.39, 0.29) is 11.9 Å². The maximum Gasteiger partial charge on any atom is 0.434 e. The van der Waals surface area contributed by atoms with E-state index >= 15 is 0 Å². The Balaban J connectivity index is 1.37. The van der Waals surface area contributed by atoms with Gasteiger partial charge >= 0.3 is 12.2 Å². The second kappa shape index (κ2) is 12.6. The molecule has 1 aliphatic heterocycles. The molecule has 0 radical (unpaired) electrons. The van der Waals surface area contributed by atoms with Gasteiger partial charge in [0.2, 0.25) is 17.7 Å². The number of rotatable bonds is 7. The molecule has 2 amide bonds. The van der Waals surface area contributed by atoms with Gasteiger partial charge in [-0.15, -0.1) is 4.99 Å². The topological polar surface area (TPSA) is 155 Å². The molecule has 212 valence electrons. The molecule has 0 spiro atoms. The number of anilines is 2. The number of ether oxygens (including phenoxy) is 1. The molecule has 40 heavy (non-hydrogen) atoms. The van der Waals surface area contributed by atoms with Crippen molar-refractivity contribution in [2.75, 3.05) is 18.4 Å². The van der Waals surface area contributed by atoms with Crippen molar-refractivity contribution in [1.82, 2.24) is 25.3 Å². The average Bonchev–Trinajstić information content (AvgIpc) is 3.57. The molecule has 2 aromatic heterocycles. The maximum atomic E-state index is 12.2. The zero-order chi connectivity index (χ0) is 28.7. The van der Waals surface area contributed by atoms with Crippen molar-refractivity contribution < 1.29 is 24.0 Å². The molecule has 12 nitrogen and oxygen atoms in total. The maximum absolute atomic E-state index is 12.2. The molecular weight excluding hydrogens is 514 g/mol. The summed E-state index contributed by atoms with van der Waals surface area (Å²) in [5.74, 6) is 1.23.